The highest BCUT2D eigenvalue weighted by molar-refractivity contribution is 5.93. The van der Waals surface area contributed by atoms with Crippen molar-refractivity contribution >= 4 is 5.91 Å². The fraction of sp³-hybridized carbons (Fsp3) is 0.111. The standard InChI is InChI=1S/C18H17N3O/c1-12-7-3-5-9-14(12)15-11-17(18(19)22)21(20-15)16-10-6-4-8-13(16)2/h3-11H,1-2H3,(H2,19,22). The molecule has 4 nitrogen and oxygen atoms in total. The number of carbonyl (C=O) groups excluding carboxylic acids is 1. The minimum absolute atomic E-state index is 0.382. The van der Waals surface area contributed by atoms with Crippen LogP contribution in [0.5, 0.6) is 0 Å². The molecule has 0 bridgehead atoms. The molecule has 1 aromatic heterocycles. The maximum atomic E-state index is 11.8. The SMILES string of the molecule is Cc1ccccc1-c1cc(C(N)=O)n(-c2ccccc2C)n1. The van der Waals surface area contributed by atoms with E-state index >= 15 is 0 Å². The van der Waals surface area contributed by atoms with Crippen LogP contribution in [-0.4, -0.2) is 15.7 Å². The van der Waals surface area contributed by atoms with Crippen LogP contribution >= 0.6 is 0 Å². The van der Waals surface area contributed by atoms with Gasteiger partial charge in [0.1, 0.15) is 5.69 Å². The Bertz CT molecular complexity index is 849. The van der Waals surface area contributed by atoms with Crippen LogP contribution in [-0.2, 0) is 0 Å². The summed E-state index contributed by atoms with van der Waals surface area (Å²) in [7, 11) is 0. The van der Waals surface area contributed by atoms with Crippen LogP contribution in [0.2, 0.25) is 0 Å². The molecule has 0 fully saturated rings. The van der Waals surface area contributed by atoms with Crippen molar-refractivity contribution in [1.29, 1.82) is 0 Å². The average Bonchev–Trinajstić information content (AvgIpc) is 2.93. The predicted molar refractivity (Wildman–Crippen MR) is 87.0 cm³/mol. The van der Waals surface area contributed by atoms with E-state index in [1.54, 1.807) is 10.7 Å². The summed E-state index contributed by atoms with van der Waals surface area (Å²) < 4.78 is 1.62. The molecule has 110 valence electrons. The molecule has 3 rings (SSSR count). The second kappa shape index (κ2) is 5.48. The topological polar surface area (TPSA) is 60.9 Å². The first-order valence-electron chi connectivity index (χ1n) is 7.10. The van der Waals surface area contributed by atoms with Gasteiger partial charge in [0.15, 0.2) is 0 Å². The lowest BCUT2D eigenvalue weighted by atomic mass is 10.1. The van der Waals surface area contributed by atoms with Gasteiger partial charge in [-0.3, -0.25) is 4.79 Å². The molecule has 1 amide bonds. The summed E-state index contributed by atoms with van der Waals surface area (Å²) in [6.45, 7) is 4.00. The highest BCUT2D eigenvalue weighted by Gasteiger charge is 2.17. The van der Waals surface area contributed by atoms with Gasteiger partial charge in [-0.2, -0.15) is 5.10 Å². The van der Waals surface area contributed by atoms with Crippen LogP contribution in [0.25, 0.3) is 16.9 Å². The largest absolute Gasteiger partial charge is 0.364 e. The van der Waals surface area contributed by atoms with Crippen LogP contribution in [0.4, 0.5) is 0 Å². The molecule has 0 saturated carbocycles. The van der Waals surface area contributed by atoms with Crippen LogP contribution < -0.4 is 5.73 Å². The smallest absolute Gasteiger partial charge is 0.267 e. The number of carbonyl (C=O) groups is 1. The minimum Gasteiger partial charge on any atom is -0.364 e. The predicted octanol–water partition coefficient (Wildman–Crippen LogP) is 3.26. The molecule has 1 heterocycles. The summed E-state index contributed by atoms with van der Waals surface area (Å²) >= 11 is 0. The Labute approximate surface area is 129 Å². The summed E-state index contributed by atoms with van der Waals surface area (Å²) in [5, 5.41) is 4.61. The number of aromatic nitrogens is 2. The zero-order chi connectivity index (χ0) is 15.7. The number of nitrogens with two attached hydrogens (primary N) is 1. The summed E-state index contributed by atoms with van der Waals surface area (Å²) in [6.07, 6.45) is 0. The van der Waals surface area contributed by atoms with Crippen LogP contribution in [0.15, 0.2) is 54.6 Å². The third-order valence-corrected chi connectivity index (χ3v) is 3.73. The summed E-state index contributed by atoms with van der Waals surface area (Å²) in [5.74, 6) is -0.490. The van der Waals surface area contributed by atoms with Gasteiger partial charge >= 0.3 is 0 Å². The molecule has 3 aromatic rings. The van der Waals surface area contributed by atoms with Crippen molar-refractivity contribution in [2.24, 2.45) is 5.73 Å². The molecule has 22 heavy (non-hydrogen) atoms. The first-order chi connectivity index (χ1) is 10.6. The molecule has 0 aliphatic rings. The maximum absolute atomic E-state index is 11.8. The molecule has 0 atom stereocenters. The Hall–Kier alpha value is -2.88. The van der Waals surface area contributed by atoms with Crippen molar-refractivity contribution in [3.63, 3.8) is 0 Å². The van der Waals surface area contributed by atoms with E-state index in [2.05, 4.69) is 5.10 Å². The highest BCUT2D eigenvalue weighted by Crippen LogP contribution is 2.25. The first-order valence-corrected chi connectivity index (χ1v) is 7.10. The average molecular weight is 291 g/mol. The molecular weight excluding hydrogens is 274 g/mol. The van der Waals surface area contributed by atoms with E-state index in [0.29, 0.717) is 5.69 Å². The third kappa shape index (κ3) is 2.39. The van der Waals surface area contributed by atoms with Crippen LogP contribution in [0.1, 0.15) is 21.6 Å². The number of para-hydroxylation sites is 1. The number of benzene rings is 2. The van der Waals surface area contributed by atoms with Gasteiger partial charge in [0, 0.05) is 5.56 Å². The Morgan fingerprint density at radius 3 is 2.27 bits per heavy atom. The van der Waals surface area contributed by atoms with E-state index in [1.807, 2.05) is 62.4 Å². The minimum atomic E-state index is -0.490. The van der Waals surface area contributed by atoms with Crippen LogP contribution in [0.3, 0.4) is 0 Å². The third-order valence-electron chi connectivity index (χ3n) is 3.73. The summed E-state index contributed by atoms with van der Waals surface area (Å²) in [4.78, 5) is 11.8. The van der Waals surface area contributed by atoms with Crippen molar-refractivity contribution in [1.82, 2.24) is 9.78 Å². The van der Waals surface area contributed by atoms with Crippen molar-refractivity contribution in [2.45, 2.75) is 13.8 Å². The second-order valence-electron chi connectivity index (χ2n) is 5.29. The number of primary amides is 1. The Balaban J connectivity index is 2.22. The lowest BCUT2D eigenvalue weighted by molar-refractivity contribution is 0.0993. The van der Waals surface area contributed by atoms with E-state index < -0.39 is 5.91 Å². The zero-order valence-electron chi connectivity index (χ0n) is 12.6. The highest BCUT2D eigenvalue weighted by atomic mass is 16.1. The van der Waals surface area contributed by atoms with E-state index in [9.17, 15) is 4.79 Å². The normalized spacial score (nSPS) is 10.6. The summed E-state index contributed by atoms with van der Waals surface area (Å²) in [5.41, 5.74) is 10.7. The monoisotopic (exact) mass is 291 g/mol. The molecule has 0 spiro atoms. The van der Waals surface area contributed by atoms with Gasteiger partial charge in [-0.15, -0.1) is 0 Å². The Morgan fingerprint density at radius 1 is 1.00 bits per heavy atom. The van der Waals surface area contributed by atoms with Crippen molar-refractivity contribution in [2.75, 3.05) is 0 Å². The van der Waals surface area contributed by atoms with Gasteiger partial charge in [0.25, 0.3) is 5.91 Å². The van der Waals surface area contributed by atoms with E-state index in [0.717, 1.165) is 28.1 Å². The number of nitrogens with zero attached hydrogens (tertiary/aromatic N) is 2. The van der Waals surface area contributed by atoms with Gasteiger partial charge in [-0.05, 0) is 37.1 Å². The fourth-order valence-electron chi connectivity index (χ4n) is 2.53. The van der Waals surface area contributed by atoms with Gasteiger partial charge < -0.3 is 5.73 Å². The van der Waals surface area contributed by atoms with E-state index in [1.165, 1.54) is 0 Å². The van der Waals surface area contributed by atoms with Crippen LogP contribution in [0, 0.1) is 13.8 Å². The molecule has 0 radical (unpaired) electrons. The summed E-state index contributed by atoms with van der Waals surface area (Å²) in [6, 6.07) is 17.5. The second-order valence-corrected chi connectivity index (χ2v) is 5.29. The van der Waals surface area contributed by atoms with Crippen molar-refractivity contribution in [3.8, 4) is 16.9 Å². The number of amides is 1. The number of hydrogen-bond acceptors (Lipinski definition) is 2. The lowest BCUT2D eigenvalue weighted by Gasteiger charge is -2.08. The van der Waals surface area contributed by atoms with Gasteiger partial charge in [-0.1, -0.05) is 42.5 Å². The van der Waals surface area contributed by atoms with E-state index in [4.69, 9.17) is 5.73 Å². The lowest BCUT2D eigenvalue weighted by Crippen LogP contribution is -2.17. The fourth-order valence-corrected chi connectivity index (χ4v) is 2.53. The molecule has 4 heteroatoms. The van der Waals surface area contributed by atoms with Gasteiger partial charge in [-0.25, -0.2) is 4.68 Å². The van der Waals surface area contributed by atoms with Crippen molar-refractivity contribution < 1.29 is 4.79 Å². The molecular formula is C18H17N3O. The molecule has 0 aliphatic carbocycles. The zero-order valence-corrected chi connectivity index (χ0v) is 12.6. The maximum Gasteiger partial charge on any atom is 0.267 e. The van der Waals surface area contributed by atoms with Gasteiger partial charge in [0.2, 0.25) is 0 Å². The Kier molecular flexibility index (Phi) is 3.51. The van der Waals surface area contributed by atoms with Crippen molar-refractivity contribution in [3.05, 3.63) is 71.4 Å². The Morgan fingerprint density at radius 2 is 1.64 bits per heavy atom. The molecule has 0 aliphatic heterocycles. The first kappa shape index (κ1) is 14.1. The number of hydrogen-bond donors (Lipinski definition) is 1. The molecule has 2 aromatic carbocycles. The number of rotatable bonds is 3. The molecule has 0 saturated heterocycles. The van der Waals surface area contributed by atoms with Gasteiger partial charge in [0.05, 0.1) is 11.4 Å². The number of aryl methyl sites for hydroxylation is 2. The van der Waals surface area contributed by atoms with E-state index in [-0.39, 0.29) is 0 Å². The molecule has 2 N–H and O–H groups in total. The molecule has 0 unspecified atom stereocenters. The quantitative estimate of drug-likeness (QED) is 0.805.